The van der Waals surface area contributed by atoms with E-state index in [1.54, 1.807) is 6.07 Å². The van der Waals surface area contributed by atoms with Crippen LogP contribution in [0.2, 0.25) is 0 Å². The number of rotatable bonds is 0. The third-order valence-electron chi connectivity index (χ3n) is 4.05. The number of nitrogens with zero attached hydrogens (tertiary/aromatic N) is 1. The Morgan fingerprint density at radius 2 is 2.00 bits per heavy atom. The van der Waals surface area contributed by atoms with E-state index in [0.29, 0.717) is 46.7 Å². The lowest BCUT2D eigenvalue weighted by Gasteiger charge is -2.09. The molecule has 0 unspecified atom stereocenters. The van der Waals surface area contributed by atoms with Crippen LogP contribution in [0.25, 0.3) is 16.5 Å². The quantitative estimate of drug-likeness (QED) is 0.345. The SMILES string of the molecule is NC1=NC(=O)/C(=C2\CCNC(=O)c3[nH]c4c(N)cccc4c32)N1. The number of guanidine groups is 1. The van der Waals surface area contributed by atoms with Gasteiger partial charge in [0.15, 0.2) is 0 Å². The van der Waals surface area contributed by atoms with Crippen molar-refractivity contribution in [3.8, 4) is 0 Å². The number of nitrogens with two attached hydrogens (primary N) is 2. The van der Waals surface area contributed by atoms with Crippen molar-refractivity contribution in [2.75, 3.05) is 12.3 Å². The Morgan fingerprint density at radius 3 is 2.74 bits per heavy atom. The van der Waals surface area contributed by atoms with E-state index in [1.165, 1.54) is 0 Å². The molecule has 1 aromatic carbocycles. The van der Waals surface area contributed by atoms with Crippen LogP contribution in [0.3, 0.4) is 0 Å². The maximum atomic E-state index is 12.3. The molecule has 3 heterocycles. The van der Waals surface area contributed by atoms with E-state index in [9.17, 15) is 9.59 Å². The van der Waals surface area contributed by atoms with E-state index < -0.39 is 5.91 Å². The number of aromatic amines is 1. The van der Waals surface area contributed by atoms with Gasteiger partial charge >= 0.3 is 0 Å². The molecule has 2 aliphatic rings. The number of H-pyrrole nitrogens is 1. The topological polar surface area (TPSA) is 138 Å². The summed E-state index contributed by atoms with van der Waals surface area (Å²) in [5.41, 5.74) is 14.9. The highest BCUT2D eigenvalue weighted by molar-refractivity contribution is 6.18. The first-order chi connectivity index (χ1) is 11.1. The predicted molar refractivity (Wildman–Crippen MR) is 86.3 cm³/mol. The van der Waals surface area contributed by atoms with E-state index in [2.05, 4.69) is 20.6 Å². The maximum absolute atomic E-state index is 12.3. The van der Waals surface area contributed by atoms with Gasteiger partial charge in [-0.1, -0.05) is 12.1 Å². The van der Waals surface area contributed by atoms with Crippen LogP contribution in [0.4, 0.5) is 5.69 Å². The van der Waals surface area contributed by atoms with E-state index in [1.807, 2.05) is 12.1 Å². The number of carbonyl (C=O) groups excluding carboxylic acids is 2. The zero-order valence-corrected chi connectivity index (χ0v) is 12.1. The lowest BCUT2D eigenvalue weighted by Crippen LogP contribution is -2.26. The summed E-state index contributed by atoms with van der Waals surface area (Å²) in [4.78, 5) is 31.2. The van der Waals surface area contributed by atoms with Crippen LogP contribution in [0.1, 0.15) is 22.5 Å². The molecule has 8 nitrogen and oxygen atoms in total. The van der Waals surface area contributed by atoms with Crippen molar-refractivity contribution in [3.05, 3.63) is 35.2 Å². The van der Waals surface area contributed by atoms with Crippen molar-refractivity contribution >= 4 is 39.9 Å². The highest BCUT2D eigenvalue weighted by Gasteiger charge is 2.30. The molecular formula is C15H14N6O2. The number of carbonyl (C=O) groups is 2. The number of nitrogens with one attached hydrogen (secondary N) is 3. The van der Waals surface area contributed by atoms with Gasteiger partial charge in [0.1, 0.15) is 11.4 Å². The molecule has 0 spiro atoms. The van der Waals surface area contributed by atoms with Gasteiger partial charge in [0, 0.05) is 17.5 Å². The minimum atomic E-state index is -0.434. The monoisotopic (exact) mass is 310 g/mol. The van der Waals surface area contributed by atoms with Crippen LogP contribution in [0.5, 0.6) is 0 Å². The first-order valence-corrected chi connectivity index (χ1v) is 7.13. The molecular weight excluding hydrogens is 296 g/mol. The summed E-state index contributed by atoms with van der Waals surface area (Å²) < 4.78 is 0. The van der Waals surface area contributed by atoms with Crippen LogP contribution in [-0.4, -0.2) is 29.3 Å². The molecule has 2 amide bonds. The molecule has 7 N–H and O–H groups in total. The van der Waals surface area contributed by atoms with Gasteiger partial charge in [0.25, 0.3) is 11.8 Å². The average molecular weight is 310 g/mol. The van der Waals surface area contributed by atoms with Gasteiger partial charge in [-0.25, -0.2) is 0 Å². The molecule has 116 valence electrons. The van der Waals surface area contributed by atoms with Crippen molar-refractivity contribution in [1.82, 2.24) is 15.6 Å². The summed E-state index contributed by atoms with van der Waals surface area (Å²) in [5, 5.41) is 6.40. The van der Waals surface area contributed by atoms with Crippen LogP contribution < -0.4 is 22.1 Å². The fraction of sp³-hybridized carbons (Fsp3) is 0.133. The molecule has 0 saturated carbocycles. The number of aliphatic imine (C=N–C) groups is 1. The summed E-state index contributed by atoms with van der Waals surface area (Å²) >= 11 is 0. The summed E-state index contributed by atoms with van der Waals surface area (Å²) in [6.07, 6.45) is 0.483. The van der Waals surface area contributed by atoms with Gasteiger partial charge in [0.05, 0.1) is 11.2 Å². The molecule has 1 aromatic heterocycles. The van der Waals surface area contributed by atoms with Crippen LogP contribution in [-0.2, 0) is 4.79 Å². The second-order valence-electron chi connectivity index (χ2n) is 5.43. The van der Waals surface area contributed by atoms with Crippen molar-refractivity contribution in [1.29, 1.82) is 0 Å². The number of hydrogen-bond donors (Lipinski definition) is 5. The van der Waals surface area contributed by atoms with E-state index in [-0.39, 0.29) is 11.9 Å². The molecule has 0 fully saturated rings. The molecule has 4 rings (SSSR count). The Labute approximate surface area is 130 Å². The van der Waals surface area contributed by atoms with Gasteiger partial charge in [-0.05, 0) is 18.1 Å². The molecule has 0 bridgehead atoms. The van der Waals surface area contributed by atoms with Crippen molar-refractivity contribution < 1.29 is 9.59 Å². The molecule has 2 aromatic rings. The molecule has 23 heavy (non-hydrogen) atoms. The van der Waals surface area contributed by atoms with Gasteiger partial charge in [-0.3, -0.25) is 9.59 Å². The van der Waals surface area contributed by atoms with E-state index in [0.717, 1.165) is 5.39 Å². The number of nitrogen functional groups attached to an aromatic ring is 1. The lowest BCUT2D eigenvalue weighted by atomic mass is 9.97. The molecule has 0 aliphatic carbocycles. The van der Waals surface area contributed by atoms with Crippen molar-refractivity contribution in [2.24, 2.45) is 10.7 Å². The van der Waals surface area contributed by atoms with Gasteiger partial charge in [0.2, 0.25) is 5.96 Å². The number of amides is 2. The van der Waals surface area contributed by atoms with Crippen LogP contribution in [0.15, 0.2) is 28.9 Å². The Morgan fingerprint density at radius 1 is 1.17 bits per heavy atom. The number of benzene rings is 1. The second kappa shape index (κ2) is 4.60. The van der Waals surface area contributed by atoms with E-state index in [4.69, 9.17) is 11.5 Å². The Balaban J connectivity index is 2.06. The predicted octanol–water partition coefficient (Wildman–Crippen LogP) is 0.0392. The molecule has 2 aliphatic heterocycles. The largest absolute Gasteiger partial charge is 0.397 e. The first-order valence-electron chi connectivity index (χ1n) is 7.13. The zero-order valence-electron chi connectivity index (χ0n) is 12.1. The highest BCUT2D eigenvalue weighted by atomic mass is 16.2. The number of para-hydroxylation sites is 1. The van der Waals surface area contributed by atoms with Gasteiger partial charge in [-0.15, -0.1) is 0 Å². The third-order valence-corrected chi connectivity index (χ3v) is 4.05. The minimum Gasteiger partial charge on any atom is -0.397 e. The Bertz CT molecular complexity index is 937. The van der Waals surface area contributed by atoms with Crippen molar-refractivity contribution in [3.63, 3.8) is 0 Å². The standard InChI is InChI=1S/C15H14N6O2/c16-8-3-1-2-6-9-7(11-14(23)21-15(17)20-11)4-5-18-13(22)12(9)19-10(6)8/h1-3,19H,4-5,16H2,(H,18,22)(H3,17,20,21,23)/b11-7-. The first kappa shape index (κ1) is 13.4. The smallest absolute Gasteiger partial charge is 0.296 e. The maximum Gasteiger partial charge on any atom is 0.296 e. The number of hydrogen-bond acceptors (Lipinski definition) is 5. The normalized spacial score (nSPS) is 20.8. The average Bonchev–Trinajstić information content (AvgIpc) is 3.00. The molecule has 0 atom stereocenters. The summed E-state index contributed by atoms with van der Waals surface area (Å²) in [6.45, 7) is 0.416. The van der Waals surface area contributed by atoms with Gasteiger partial charge in [-0.2, -0.15) is 4.99 Å². The third kappa shape index (κ3) is 1.88. The fourth-order valence-electron chi connectivity index (χ4n) is 3.07. The fourth-order valence-corrected chi connectivity index (χ4v) is 3.07. The van der Waals surface area contributed by atoms with Crippen LogP contribution >= 0.6 is 0 Å². The Kier molecular flexibility index (Phi) is 2.68. The molecule has 0 saturated heterocycles. The highest BCUT2D eigenvalue weighted by Crippen LogP contribution is 2.36. The number of anilines is 1. The summed E-state index contributed by atoms with van der Waals surface area (Å²) in [5.74, 6) is -0.608. The summed E-state index contributed by atoms with van der Waals surface area (Å²) in [7, 11) is 0. The zero-order chi connectivity index (χ0) is 16.1. The number of aromatic nitrogens is 1. The second-order valence-corrected chi connectivity index (χ2v) is 5.43. The van der Waals surface area contributed by atoms with E-state index >= 15 is 0 Å². The van der Waals surface area contributed by atoms with Gasteiger partial charge < -0.3 is 27.1 Å². The number of fused-ring (bicyclic) bond motifs is 3. The van der Waals surface area contributed by atoms with Crippen LogP contribution in [0, 0.1) is 0 Å². The Hall–Kier alpha value is -3.29. The molecule has 8 heteroatoms. The minimum absolute atomic E-state index is 0.0573. The lowest BCUT2D eigenvalue weighted by molar-refractivity contribution is -0.114. The molecule has 0 radical (unpaired) electrons. The van der Waals surface area contributed by atoms with Crippen molar-refractivity contribution in [2.45, 2.75) is 6.42 Å². The summed E-state index contributed by atoms with van der Waals surface area (Å²) in [6, 6.07) is 5.43.